The van der Waals surface area contributed by atoms with Crippen LogP contribution in [0, 0.1) is 5.92 Å². The summed E-state index contributed by atoms with van der Waals surface area (Å²) < 4.78 is 0. The fourth-order valence-electron chi connectivity index (χ4n) is 2.51. The highest BCUT2D eigenvalue weighted by atomic mass is 16.1. The maximum atomic E-state index is 12.0. The quantitative estimate of drug-likeness (QED) is 0.472. The summed E-state index contributed by atoms with van der Waals surface area (Å²) in [5, 5.41) is 0. The zero-order valence-electron chi connectivity index (χ0n) is 13.4. The molecule has 0 bridgehead atoms. The Bertz CT molecular complexity index is 425. The van der Waals surface area contributed by atoms with Crippen molar-refractivity contribution < 1.29 is 9.59 Å². The number of unbranched alkanes of at least 4 members (excludes halogenated alkanes) is 4. The Morgan fingerprint density at radius 2 is 1.50 bits per heavy atom. The number of Topliss-reactive ketones (excluding diaryl/α,β-unsaturated/α-hetero) is 1. The molecule has 0 N–H and O–H groups in total. The zero-order chi connectivity index (χ0) is 15.1. The fourth-order valence-corrected chi connectivity index (χ4v) is 2.51. The van der Waals surface area contributed by atoms with E-state index in [1.807, 2.05) is 0 Å². The van der Waals surface area contributed by atoms with Gasteiger partial charge in [-0.05, 0) is 38.7 Å². The largest absolute Gasteiger partial charge is 0.290 e. The van der Waals surface area contributed by atoms with Crippen molar-refractivity contribution in [3.63, 3.8) is 0 Å². The van der Waals surface area contributed by atoms with Gasteiger partial charge in [0.15, 0.2) is 11.6 Å². The molecule has 0 saturated heterocycles. The Morgan fingerprint density at radius 1 is 0.900 bits per heavy atom. The lowest BCUT2D eigenvalue weighted by Crippen LogP contribution is -2.16. The van der Waals surface area contributed by atoms with Crippen molar-refractivity contribution in [3.8, 4) is 0 Å². The Labute approximate surface area is 123 Å². The minimum atomic E-state index is 0.00836. The van der Waals surface area contributed by atoms with Crippen LogP contribution in [0.1, 0.15) is 72.6 Å². The minimum Gasteiger partial charge on any atom is -0.290 e. The molecule has 0 heterocycles. The van der Waals surface area contributed by atoms with Crippen LogP contribution in [0.5, 0.6) is 0 Å². The Balaban J connectivity index is 2.25. The summed E-state index contributed by atoms with van der Waals surface area (Å²) in [6.45, 7) is 8.01. The van der Waals surface area contributed by atoms with Crippen LogP contribution >= 0.6 is 0 Å². The van der Waals surface area contributed by atoms with E-state index in [2.05, 4.69) is 13.8 Å². The number of carbonyl (C=O) groups is 2. The second-order valence-electron chi connectivity index (χ2n) is 6.31. The molecule has 0 amide bonds. The molecule has 1 aliphatic rings. The van der Waals surface area contributed by atoms with Gasteiger partial charge in [0.1, 0.15) is 0 Å². The van der Waals surface area contributed by atoms with E-state index < -0.39 is 0 Å². The molecule has 0 saturated carbocycles. The summed E-state index contributed by atoms with van der Waals surface area (Å²) in [5.74, 6) is 0.875. The van der Waals surface area contributed by atoms with Crippen LogP contribution in [0.15, 0.2) is 22.8 Å². The predicted molar refractivity (Wildman–Crippen MR) is 83.6 cm³/mol. The van der Waals surface area contributed by atoms with Crippen molar-refractivity contribution >= 4 is 11.6 Å². The second kappa shape index (κ2) is 8.18. The molecule has 0 spiro atoms. The maximum Gasteiger partial charge on any atom is 0.185 e. The standard InChI is InChI=1S/C18H28O2/c1-13(2)10-8-6-5-7-9-11-16-12-17(19)14(3)15(4)18(16)20/h12-13H,5-11H2,1-4H3. The molecule has 112 valence electrons. The van der Waals surface area contributed by atoms with Crippen molar-refractivity contribution in [1.29, 1.82) is 0 Å². The van der Waals surface area contributed by atoms with Gasteiger partial charge < -0.3 is 0 Å². The number of ketones is 2. The molecule has 2 nitrogen and oxygen atoms in total. The monoisotopic (exact) mass is 276 g/mol. The van der Waals surface area contributed by atoms with Crippen molar-refractivity contribution in [2.24, 2.45) is 5.92 Å². The van der Waals surface area contributed by atoms with E-state index in [4.69, 9.17) is 0 Å². The van der Waals surface area contributed by atoms with Crippen LogP contribution in [-0.4, -0.2) is 11.6 Å². The summed E-state index contributed by atoms with van der Waals surface area (Å²) in [7, 11) is 0. The fraction of sp³-hybridized carbons (Fsp3) is 0.667. The maximum absolute atomic E-state index is 12.0. The average molecular weight is 276 g/mol. The molecule has 0 aliphatic heterocycles. The molecule has 0 atom stereocenters. The molecule has 1 aliphatic carbocycles. The molecule has 0 aromatic heterocycles. The summed E-state index contributed by atoms with van der Waals surface area (Å²) >= 11 is 0. The molecular weight excluding hydrogens is 248 g/mol. The van der Waals surface area contributed by atoms with E-state index in [0.717, 1.165) is 25.2 Å². The summed E-state index contributed by atoms with van der Waals surface area (Å²) in [5.41, 5.74) is 1.94. The predicted octanol–water partition coefficient (Wildman–Crippen LogP) is 4.79. The van der Waals surface area contributed by atoms with Gasteiger partial charge in [0.05, 0.1) is 0 Å². The highest BCUT2D eigenvalue weighted by Crippen LogP contribution is 2.23. The first-order valence-electron chi connectivity index (χ1n) is 7.90. The highest BCUT2D eigenvalue weighted by molar-refractivity contribution is 6.22. The van der Waals surface area contributed by atoms with Gasteiger partial charge in [-0.25, -0.2) is 0 Å². The van der Waals surface area contributed by atoms with E-state index in [1.54, 1.807) is 19.9 Å². The van der Waals surface area contributed by atoms with Gasteiger partial charge in [-0.1, -0.05) is 46.0 Å². The summed E-state index contributed by atoms with van der Waals surface area (Å²) in [4.78, 5) is 23.8. The first kappa shape index (κ1) is 16.9. The lowest BCUT2D eigenvalue weighted by atomic mass is 9.88. The van der Waals surface area contributed by atoms with Crippen molar-refractivity contribution in [2.45, 2.75) is 72.6 Å². The van der Waals surface area contributed by atoms with Crippen LogP contribution in [-0.2, 0) is 9.59 Å². The molecule has 0 unspecified atom stereocenters. The lowest BCUT2D eigenvalue weighted by Gasteiger charge is -2.14. The third kappa shape index (κ3) is 5.07. The van der Waals surface area contributed by atoms with Crippen LogP contribution in [0.25, 0.3) is 0 Å². The zero-order valence-corrected chi connectivity index (χ0v) is 13.4. The van der Waals surface area contributed by atoms with Crippen LogP contribution in [0.2, 0.25) is 0 Å². The first-order chi connectivity index (χ1) is 9.43. The van der Waals surface area contributed by atoms with Gasteiger partial charge in [0.25, 0.3) is 0 Å². The van der Waals surface area contributed by atoms with Crippen molar-refractivity contribution in [1.82, 2.24) is 0 Å². The topological polar surface area (TPSA) is 34.1 Å². The molecule has 0 radical (unpaired) electrons. The number of hydrogen-bond acceptors (Lipinski definition) is 2. The minimum absolute atomic E-state index is 0.00836. The van der Waals surface area contributed by atoms with E-state index in [9.17, 15) is 9.59 Å². The number of rotatable bonds is 8. The van der Waals surface area contributed by atoms with E-state index in [1.165, 1.54) is 25.7 Å². The molecule has 0 aromatic rings. The summed E-state index contributed by atoms with van der Waals surface area (Å²) in [6.07, 6.45) is 9.58. The average Bonchev–Trinajstić information content (AvgIpc) is 2.40. The van der Waals surface area contributed by atoms with Crippen LogP contribution in [0.3, 0.4) is 0 Å². The Morgan fingerprint density at radius 3 is 2.15 bits per heavy atom. The normalized spacial score (nSPS) is 16.1. The van der Waals surface area contributed by atoms with Crippen LogP contribution in [0.4, 0.5) is 0 Å². The third-order valence-corrected chi connectivity index (χ3v) is 4.10. The van der Waals surface area contributed by atoms with Crippen molar-refractivity contribution in [3.05, 3.63) is 22.8 Å². The Hall–Kier alpha value is -1.18. The van der Waals surface area contributed by atoms with Gasteiger partial charge >= 0.3 is 0 Å². The van der Waals surface area contributed by atoms with Gasteiger partial charge in [0.2, 0.25) is 0 Å². The Kier molecular flexibility index (Phi) is 6.90. The second-order valence-corrected chi connectivity index (χ2v) is 6.31. The number of carbonyl (C=O) groups excluding carboxylic acids is 2. The molecule has 1 rings (SSSR count). The summed E-state index contributed by atoms with van der Waals surface area (Å²) in [6, 6.07) is 0. The van der Waals surface area contributed by atoms with Gasteiger partial charge in [-0.15, -0.1) is 0 Å². The number of hydrogen-bond donors (Lipinski definition) is 0. The smallest absolute Gasteiger partial charge is 0.185 e. The van der Waals surface area contributed by atoms with Crippen LogP contribution < -0.4 is 0 Å². The van der Waals surface area contributed by atoms with E-state index in [0.29, 0.717) is 16.7 Å². The van der Waals surface area contributed by atoms with Gasteiger partial charge in [-0.2, -0.15) is 0 Å². The molecule has 0 fully saturated rings. The third-order valence-electron chi connectivity index (χ3n) is 4.10. The first-order valence-corrected chi connectivity index (χ1v) is 7.90. The molecule has 20 heavy (non-hydrogen) atoms. The van der Waals surface area contributed by atoms with Crippen molar-refractivity contribution in [2.75, 3.05) is 0 Å². The van der Waals surface area contributed by atoms with Gasteiger partial charge in [0, 0.05) is 16.7 Å². The number of allylic oxidation sites excluding steroid dienone is 4. The van der Waals surface area contributed by atoms with E-state index >= 15 is 0 Å². The molecule has 2 heteroatoms. The highest BCUT2D eigenvalue weighted by Gasteiger charge is 2.22. The SMILES string of the molecule is CC1=C(C)C(=O)C(CCCCCCCC(C)C)=CC1=O. The molecular formula is C18H28O2. The molecule has 0 aromatic carbocycles. The van der Waals surface area contributed by atoms with Gasteiger partial charge in [-0.3, -0.25) is 9.59 Å². The van der Waals surface area contributed by atoms with E-state index in [-0.39, 0.29) is 11.6 Å². The lowest BCUT2D eigenvalue weighted by molar-refractivity contribution is -0.116.